The molecule has 0 amide bonds. The van der Waals surface area contributed by atoms with Crippen LogP contribution in [0.5, 0.6) is 5.75 Å². The van der Waals surface area contributed by atoms with Gasteiger partial charge in [0.25, 0.3) is 0 Å². The Bertz CT molecular complexity index is 699. The predicted molar refractivity (Wildman–Crippen MR) is 74.1 cm³/mol. The Hall–Kier alpha value is -1.67. The zero-order valence-electron chi connectivity index (χ0n) is 10.3. The molecule has 0 saturated heterocycles. The molecule has 2 rings (SSSR count). The molecule has 0 aliphatic carbocycles. The second-order valence-electron chi connectivity index (χ2n) is 3.52. The molecule has 19 heavy (non-hydrogen) atoms. The van der Waals surface area contributed by atoms with Crippen LogP contribution in [0.4, 0.5) is 0 Å². The monoisotopic (exact) mass is 297 g/mol. The van der Waals surface area contributed by atoms with Crippen LogP contribution in [-0.4, -0.2) is 38.9 Å². The SMILES string of the molecule is CCOC(=O)c1c(O)c2cnc(SC)nc2[nH]c1=S. The molecule has 0 atom stereocenters. The Morgan fingerprint density at radius 3 is 3.00 bits per heavy atom. The minimum absolute atomic E-state index is 0.0650. The van der Waals surface area contributed by atoms with Gasteiger partial charge in [0.05, 0.1) is 12.0 Å². The van der Waals surface area contributed by atoms with Crippen molar-refractivity contribution in [3.63, 3.8) is 0 Å². The number of pyridine rings is 1. The summed E-state index contributed by atoms with van der Waals surface area (Å²) >= 11 is 6.42. The largest absolute Gasteiger partial charge is 0.506 e. The van der Waals surface area contributed by atoms with E-state index in [1.165, 1.54) is 18.0 Å². The Morgan fingerprint density at radius 2 is 2.37 bits per heavy atom. The third-order valence-electron chi connectivity index (χ3n) is 2.38. The number of thioether (sulfide) groups is 1. The lowest BCUT2D eigenvalue weighted by molar-refractivity contribution is 0.0522. The second-order valence-corrected chi connectivity index (χ2v) is 4.70. The van der Waals surface area contributed by atoms with E-state index in [0.29, 0.717) is 16.2 Å². The molecule has 6 nitrogen and oxygen atoms in total. The number of aromatic hydroxyl groups is 1. The maximum absolute atomic E-state index is 11.7. The van der Waals surface area contributed by atoms with Crippen LogP contribution in [0.15, 0.2) is 11.4 Å². The average Bonchev–Trinajstić information content (AvgIpc) is 2.38. The maximum Gasteiger partial charge on any atom is 0.344 e. The fraction of sp³-hybridized carbons (Fsp3) is 0.273. The number of nitrogens with one attached hydrogen (secondary N) is 1. The van der Waals surface area contributed by atoms with Gasteiger partial charge in [-0.15, -0.1) is 0 Å². The van der Waals surface area contributed by atoms with Gasteiger partial charge in [-0.2, -0.15) is 0 Å². The Labute approximate surface area is 118 Å². The molecule has 8 heteroatoms. The van der Waals surface area contributed by atoms with Crippen LogP contribution in [0.3, 0.4) is 0 Å². The van der Waals surface area contributed by atoms with E-state index in [9.17, 15) is 9.90 Å². The summed E-state index contributed by atoms with van der Waals surface area (Å²) in [5, 5.41) is 11.0. The Kier molecular flexibility index (Phi) is 4.01. The Morgan fingerprint density at radius 1 is 1.63 bits per heavy atom. The third kappa shape index (κ3) is 2.54. The van der Waals surface area contributed by atoms with Crippen LogP contribution in [0.25, 0.3) is 11.0 Å². The van der Waals surface area contributed by atoms with Gasteiger partial charge in [-0.3, -0.25) is 0 Å². The van der Waals surface area contributed by atoms with Crippen molar-refractivity contribution in [1.82, 2.24) is 15.0 Å². The quantitative estimate of drug-likeness (QED) is 0.389. The molecule has 0 spiro atoms. The molecule has 2 aromatic heterocycles. The second kappa shape index (κ2) is 5.54. The number of carbonyl (C=O) groups is 1. The lowest BCUT2D eigenvalue weighted by Crippen LogP contribution is -2.07. The van der Waals surface area contributed by atoms with Gasteiger partial charge >= 0.3 is 5.97 Å². The van der Waals surface area contributed by atoms with E-state index >= 15 is 0 Å². The molecule has 100 valence electrons. The van der Waals surface area contributed by atoms with Crippen molar-refractivity contribution < 1.29 is 14.6 Å². The van der Waals surface area contributed by atoms with Gasteiger partial charge in [0.2, 0.25) is 0 Å². The lowest BCUT2D eigenvalue weighted by Gasteiger charge is -2.07. The van der Waals surface area contributed by atoms with Crippen LogP contribution in [0, 0.1) is 4.64 Å². The first-order valence-corrected chi connectivity index (χ1v) is 7.04. The summed E-state index contributed by atoms with van der Waals surface area (Å²) in [6.07, 6.45) is 3.28. The highest BCUT2D eigenvalue weighted by molar-refractivity contribution is 7.98. The van der Waals surface area contributed by atoms with Gasteiger partial charge in [-0.1, -0.05) is 24.0 Å². The Balaban J connectivity index is 2.69. The number of hydrogen-bond donors (Lipinski definition) is 2. The predicted octanol–water partition coefficient (Wildman–Crippen LogP) is 2.29. The molecular formula is C11H11N3O3S2. The number of hydrogen-bond acceptors (Lipinski definition) is 7. The van der Waals surface area contributed by atoms with Crippen LogP contribution in [0.1, 0.15) is 17.3 Å². The van der Waals surface area contributed by atoms with Crippen molar-refractivity contribution >= 4 is 41.0 Å². The summed E-state index contributed by atoms with van der Waals surface area (Å²) < 4.78 is 4.94. The number of aromatic nitrogens is 3. The van der Waals surface area contributed by atoms with Crippen LogP contribution >= 0.6 is 24.0 Å². The van der Waals surface area contributed by atoms with E-state index in [1.54, 1.807) is 6.92 Å². The molecule has 0 bridgehead atoms. The third-order valence-corrected chi connectivity index (χ3v) is 3.25. The normalized spacial score (nSPS) is 10.6. The van der Waals surface area contributed by atoms with Crippen molar-refractivity contribution in [1.29, 1.82) is 0 Å². The number of ether oxygens (including phenoxy) is 1. The van der Waals surface area contributed by atoms with Gasteiger partial charge in [-0.05, 0) is 13.2 Å². The summed E-state index contributed by atoms with van der Waals surface area (Å²) in [7, 11) is 0. The summed E-state index contributed by atoms with van der Waals surface area (Å²) in [4.78, 5) is 22.8. The maximum atomic E-state index is 11.7. The highest BCUT2D eigenvalue weighted by Gasteiger charge is 2.19. The van der Waals surface area contributed by atoms with Crippen molar-refractivity contribution in [2.45, 2.75) is 12.1 Å². The molecule has 2 aromatic rings. The van der Waals surface area contributed by atoms with E-state index in [0.717, 1.165) is 0 Å². The fourth-order valence-corrected chi connectivity index (χ4v) is 2.15. The van der Waals surface area contributed by atoms with Gasteiger partial charge in [0, 0.05) is 6.20 Å². The number of fused-ring (bicyclic) bond motifs is 1. The van der Waals surface area contributed by atoms with E-state index in [4.69, 9.17) is 17.0 Å². The lowest BCUT2D eigenvalue weighted by atomic mass is 10.2. The fourth-order valence-electron chi connectivity index (χ4n) is 1.54. The molecule has 0 fully saturated rings. The number of carbonyl (C=O) groups excluding carboxylic acids is 1. The molecule has 2 N–H and O–H groups in total. The topological polar surface area (TPSA) is 88.1 Å². The van der Waals surface area contributed by atoms with Crippen LogP contribution in [-0.2, 0) is 4.74 Å². The number of esters is 1. The minimum atomic E-state index is -0.669. The number of nitrogens with zero attached hydrogens (tertiary/aromatic N) is 2. The minimum Gasteiger partial charge on any atom is -0.506 e. The molecule has 0 radical (unpaired) electrons. The zero-order valence-corrected chi connectivity index (χ0v) is 11.9. The van der Waals surface area contributed by atoms with Crippen molar-refractivity contribution in [2.24, 2.45) is 0 Å². The molecule has 0 saturated carbocycles. The van der Waals surface area contributed by atoms with E-state index in [-0.39, 0.29) is 22.6 Å². The molecule has 2 heterocycles. The summed E-state index contributed by atoms with van der Waals surface area (Å²) in [6.45, 7) is 1.88. The number of aromatic amines is 1. The standard InChI is InChI=1S/C11H11N3O3S2/c1-3-17-10(16)6-7(15)5-4-12-11(19-2)14-8(5)13-9(6)18/h4H,3H2,1-2H3,(H2,12,13,14,15,18). The summed E-state index contributed by atoms with van der Waals surface area (Å²) in [5.41, 5.74) is 0.319. The van der Waals surface area contributed by atoms with Crippen LogP contribution in [0.2, 0.25) is 0 Å². The first kappa shape index (κ1) is 13.8. The van der Waals surface area contributed by atoms with Gasteiger partial charge in [0.15, 0.2) is 5.16 Å². The van der Waals surface area contributed by atoms with Gasteiger partial charge in [0.1, 0.15) is 21.6 Å². The average molecular weight is 297 g/mol. The van der Waals surface area contributed by atoms with E-state index in [2.05, 4.69) is 15.0 Å². The summed E-state index contributed by atoms with van der Waals surface area (Å²) in [5.74, 6) is -0.929. The van der Waals surface area contributed by atoms with Crippen molar-refractivity contribution in [2.75, 3.05) is 12.9 Å². The molecule has 0 aromatic carbocycles. The van der Waals surface area contributed by atoms with Gasteiger partial charge < -0.3 is 14.8 Å². The van der Waals surface area contributed by atoms with Crippen molar-refractivity contribution in [3.8, 4) is 5.75 Å². The highest BCUT2D eigenvalue weighted by Crippen LogP contribution is 2.28. The molecule has 0 aliphatic rings. The van der Waals surface area contributed by atoms with Crippen LogP contribution < -0.4 is 0 Å². The molecular weight excluding hydrogens is 286 g/mol. The summed E-state index contributed by atoms with van der Waals surface area (Å²) in [6, 6.07) is 0. The molecule has 0 unspecified atom stereocenters. The zero-order chi connectivity index (χ0) is 14.0. The molecule has 0 aliphatic heterocycles. The van der Waals surface area contributed by atoms with Crippen molar-refractivity contribution in [3.05, 3.63) is 16.4 Å². The number of rotatable bonds is 3. The van der Waals surface area contributed by atoms with E-state index < -0.39 is 5.97 Å². The van der Waals surface area contributed by atoms with Gasteiger partial charge in [-0.25, -0.2) is 14.8 Å². The number of H-pyrrole nitrogens is 1. The smallest absolute Gasteiger partial charge is 0.344 e. The highest BCUT2D eigenvalue weighted by atomic mass is 32.2. The van der Waals surface area contributed by atoms with E-state index in [1.807, 2.05) is 6.26 Å². The first-order chi connectivity index (χ1) is 9.08. The first-order valence-electron chi connectivity index (χ1n) is 5.41.